The van der Waals surface area contributed by atoms with Gasteiger partial charge in [-0.1, -0.05) is 36.7 Å². The van der Waals surface area contributed by atoms with Crippen LogP contribution in [-0.2, 0) is 4.79 Å². The first kappa shape index (κ1) is 13.6. The summed E-state index contributed by atoms with van der Waals surface area (Å²) >= 11 is 1.44. The summed E-state index contributed by atoms with van der Waals surface area (Å²) in [6.07, 6.45) is 4.53. The Labute approximate surface area is 122 Å². The quantitative estimate of drug-likeness (QED) is 0.901. The molecule has 1 aromatic rings. The van der Waals surface area contributed by atoms with Gasteiger partial charge in [-0.15, -0.1) is 0 Å². The van der Waals surface area contributed by atoms with Crippen LogP contribution >= 0.6 is 11.8 Å². The number of hydrogen-bond donors (Lipinski definition) is 1. The van der Waals surface area contributed by atoms with Crippen LogP contribution in [0, 0.1) is 11.7 Å². The number of halogens is 1. The van der Waals surface area contributed by atoms with Crippen LogP contribution in [0.15, 0.2) is 29.3 Å². The number of aliphatic imine (C=N–C) groups is 1. The van der Waals surface area contributed by atoms with Crippen molar-refractivity contribution < 1.29 is 9.18 Å². The van der Waals surface area contributed by atoms with E-state index in [0.717, 1.165) is 12.8 Å². The molecule has 1 unspecified atom stereocenters. The number of amidine groups is 1. The van der Waals surface area contributed by atoms with Gasteiger partial charge in [-0.2, -0.15) is 4.99 Å². The van der Waals surface area contributed by atoms with E-state index in [0.29, 0.717) is 16.8 Å². The largest absolute Gasteiger partial charge is 0.332 e. The number of nitrogens with zero attached hydrogens (tertiary/aromatic N) is 1. The molecule has 2 aliphatic rings. The summed E-state index contributed by atoms with van der Waals surface area (Å²) in [4.78, 5) is 16.3. The van der Waals surface area contributed by atoms with Crippen molar-refractivity contribution in [1.29, 1.82) is 0 Å². The predicted molar refractivity (Wildman–Crippen MR) is 80.4 cm³/mol. The van der Waals surface area contributed by atoms with E-state index in [1.165, 1.54) is 30.7 Å². The fourth-order valence-corrected chi connectivity index (χ4v) is 4.16. The molecule has 0 saturated heterocycles. The summed E-state index contributed by atoms with van der Waals surface area (Å²) in [6, 6.07) is 6.43. The smallest absolute Gasteiger partial charge is 0.264 e. The molecule has 20 heavy (non-hydrogen) atoms. The molecule has 0 radical (unpaired) electrons. The molecule has 1 aliphatic heterocycles. The third-order valence-electron chi connectivity index (χ3n) is 4.19. The summed E-state index contributed by atoms with van der Waals surface area (Å²) in [5.41, 5.74) is 0.363. The second-order valence-corrected chi connectivity index (χ2v) is 6.96. The number of benzene rings is 1. The predicted octanol–water partition coefficient (Wildman–Crippen LogP) is 3.82. The monoisotopic (exact) mass is 292 g/mol. The molecule has 1 atom stereocenters. The van der Waals surface area contributed by atoms with E-state index in [9.17, 15) is 9.18 Å². The minimum atomic E-state index is -0.482. The van der Waals surface area contributed by atoms with Crippen molar-refractivity contribution in [3.8, 4) is 0 Å². The van der Waals surface area contributed by atoms with Crippen LogP contribution in [0.3, 0.4) is 0 Å². The van der Waals surface area contributed by atoms with Gasteiger partial charge in [0.25, 0.3) is 5.91 Å². The fourth-order valence-electron chi connectivity index (χ4n) is 2.94. The molecule has 0 bridgehead atoms. The maximum absolute atomic E-state index is 13.6. The van der Waals surface area contributed by atoms with E-state index in [-0.39, 0.29) is 11.7 Å². The van der Waals surface area contributed by atoms with Crippen LogP contribution < -0.4 is 5.32 Å². The Balaban J connectivity index is 1.76. The van der Waals surface area contributed by atoms with Crippen LogP contribution in [0.2, 0.25) is 0 Å². The highest BCUT2D eigenvalue weighted by molar-refractivity contribution is 8.16. The second-order valence-electron chi connectivity index (χ2n) is 5.52. The minimum Gasteiger partial charge on any atom is -0.332 e. The first-order chi connectivity index (χ1) is 9.59. The normalized spacial score (nSPS) is 26.9. The average Bonchev–Trinajstić information content (AvgIpc) is 3.03. The standard InChI is InChI=1S/C15H17FN2OS/c1-15(10-6-2-3-7-10)13(19)18-14(20-15)17-12-9-5-4-8-11(12)16/h4-5,8-10H,2-3,6-7H2,1H3,(H,17,18,19). The Kier molecular flexibility index (Phi) is 3.54. The lowest BCUT2D eigenvalue weighted by atomic mass is 9.91. The third-order valence-corrected chi connectivity index (χ3v) is 5.50. The van der Waals surface area contributed by atoms with Crippen LogP contribution in [0.25, 0.3) is 0 Å². The maximum Gasteiger partial charge on any atom is 0.264 e. The van der Waals surface area contributed by atoms with Gasteiger partial charge in [0.1, 0.15) is 10.6 Å². The summed E-state index contributed by atoms with van der Waals surface area (Å²) in [7, 11) is 0. The fraction of sp³-hybridized carbons (Fsp3) is 0.467. The molecule has 1 saturated carbocycles. The van der Waals surface area contributed by atoms with Gasteiger partial charge in [0, 0.05) is 0 Å². The summed E-state index contributed by atoms with van der Waals surface area (Å²) in [6.45, 7) is 1.97. The number of nitrogens with one attached hydrogen (secondary N) is 1. The number of hydrogen-bond acceptors (Lipinski definition) is 3. The van der Waals surface area contributed by atoms with Gasteiger partial charge in [0.15, 0.2) is 5.17 Å². The van der Waals surface area contributed by atoms with Crippen molar-refractivity contribution in [2.24, 2.45) is 10.9 Å². The molecular formula is C15H17FN2OS. The summed E-state index contributed by atoms with van der Waals surface area (Å²) < 4.78 is 13.1. The number of carbonyl (C=O) groups excluding carboxylic acids is 1. The number of thioether (sulfide) groups is 1. The number of amides is 1. The minimum absolute atomic E-state index is 0.0896. The van der Waals surface area contributed by atoms with Gasteiger partial charge in [0.05, 0.1) is 5.69 Å². The lowest BCUT2D eigenvalue weighted by molar-refractivity contribution is -0.120. The first-order valence-corrected chi connectivity index (χ1v) is 7.75. The lowest BCUT2D eigenvalue weighted by Crippen LogP contribution is -2.35. The van der Waals surface area contributed by atoms with Gasteiger partial charge < -0.3 is 5.32 Å². The maximum atomic E-state index is 13.6. The van der Waals surface area contributed by atoms with Crippen molar-refractivity contribution in [2.45, 2.75) is 37.4 Å². The summed E-state index contributed by atoms with van der Waals surface area (Å²) in [5.74, 6) is -0.0466. The average molecular weight is 292 g/mol. The van der Waals surface area contributed by atoms with E-state index in [1.807, 2.05) is 6.92 Å². The highest BCUT2D eigenvalue weighted by Gasteiger charge is 2.48. The van der Waals surface area contributed by atoms with E-state index in [4.69, 9.17) is 0 Å². The molecule has 1 heterocycles. The molecule has 0 spiro atoms. The molecule has 0 aromatic heterocycles. The molecule has 3 nitrogen and oxygen atoms in total. The van der Waals surface area contributed by atoms with Gasteiger partial charge in [-0.25, -0.2) is 4.39 Å². The Morgan fingerprint density at radius 2 is 2.05 bits per heavy atom. The first-order valence-electron chi connectivity index (χ1n) is 6.93. The molecule has 1 N–H and O–H groups in total. The summed E-state index contributed by atoms with van der Waals surface area (Å²) in [5, 5.41) is 3.44. The van der Waals surface area contributed by atoms with E-state index < -0.39 is 4.75 Å². The highest BCUT2D eigenvalue weighted by Crippen LogP contribution is 2.46. The third kappa shape index (κ3) is 2.35. The Hall–Kier alpha value is -1.36. The highest BCUT2D eigenvalue weighted by atomic mass is 32.2. The van der Waals surface area contributed by atoms with Crippen molar-refractivity contribution in [3.05, 3.63) is 30.1 Å². The Morgan fingerprint density at radius 1 is 1.35 bits per heavy atom. The number of carbonyl (C=O) groups is 1. The van der Waals surface area contributed by atoms with Crippen molar-refractivity contribution in [1.82, 2.24) is 0 Å². The Bertz CT molecular complexity index is 569. The topological polar surface area (TPSA) is 41.5 Å². The molecule has 3 rings (SSSR count). The molecule has 106 valence electrons. The Morgan fingerprint density at radius 3 is 2.75 bits per heavy atom. The molecule has 1 fully saturated rings. The van der Waals surface area contributed by atoms with Crippen molar-refractivity contribution >= 4 is 28.5 Å². The van der Waals surface area contributed by atoms with Gasteiger partial charge in [-0.3, -0.25) is 4.79 Å². The molecule has 1 aromatic carbocycles. The van der Waals surface area contributed by atoms with Crippen LogP contribution in [0.4, 0.5) is 10.1 Å². The van der Waals surface area contributed by atoms with Crippen molar-refractivity contribution in [3.63, 3.8) is 0 Å². The number of anilines is 1. The number of para-hydroxylation sites is 1. The molecule has 1 aliphatic carbocycles. The van der Waals surface area contributed by atoms with Gasteiger partial charge in [0.2, 0.25) is 0 Å². The van der Waals surface area contributed by atoms with Crippen LogP contribution in [0.5, 0.6) is 0 Å². The van der Waals surface area contributed by atoms with Gasteiger partial charge >= 0.3 is 0 Å². The zero-order valence-electron chi connectivity index (χ0n) is 11.4. The van der Waals surface area contributed by atoms with Crippen LogP contribution in [-0.4, -0.2) is 15.8 Å². The van der Waals surface area contributed by atoms with E-state index >= 15 is 0 Å². The zero-order chi connectivity index (χ0) is 14.2. The molecule has 1 amide bonds. The van der Waals surface area contributed by atoms with E-state index in [1.54, 1.807) is 18.2 Å². The number of rotatable bonds is 2. The molecular weight excluding hydrogens is 275 g/mol. The van der Waals surface area contributed by atoms with Crippen LogP contribution in [0.1, 0.15) is 32.6 Å². The molecule has 5 heteroatoms. The second kappa shape index (κ2) is 5.20. The van der Waals surface area contributed by atoms with Gasteiger partial charge in [-0.05, 0) is 37.8 Å². The SMILES string of the molecule is CC1(C2CCCC2)SC(Nc2ccccc2F)=NC1=O. The van der Waals surface area contributed by atoms with Crippen molar-refractivity contribution in [2.75, 3.05) is 5.32 Å². The lowest BCUT2D eigenvalue weighted by Gasteiger charge is -2.27. The zero-order valence-corrected chi connectivity index (χ0v) is 12.2. The van der Waals surface area contributed by atoms with E-state index in [2.05, 4.69) is 10.3 Å².